The summed E-state index contributed by atoms with van der Waals surface area (Å²) in [5.74, 6) is 1.85. The van der Waals surface area contributed by atoms with E-state index in [0.29, 0.717) is 35.5 Å². The molecule has 1 amide bonds. The third kappa shape index (κ3) is 4.68. The molecule has 0 aliphatic carbocycles. The number of likely N-dealkylation sites (tertiary alicyclic amines) is 2. The first-order valence-electron chi connectivity index (χ1n) is 13.1. The highest BCUT2D eigenvalue weighted by Gasteiger charge is 2.55. The quantitative estimate of drug-likeness (QED) is 0.523. The summed E-state index contributed by atoms with van der Waals surface area (Å²) in [5, 5.41) is 16.7. The van der Waals surface area contributed by atoms with E-state index in [2.05, 4.69) is 60.0 Å². The molecule has 8 heteroatoms. The number of aliphatic hydroxyl groups is 1. The standard InChI is InChI=1S/C29H37N5O3/c1-19(2)22-6-8-24(9-7-22)29(36,28(4)17-33(5)18-28)25-13-23(14-30-15-25)27-31-26(37-32-27)12-21-10-11-34(16-21)20(3)35/h6-9,13-15,19,21,36H,10-12,16-18H2,1-5H3/t21-,29?/m0/s1. The monoisotopic (exact) mass is 503 g/mol. The molecule has 1 unspecified atom stereocenters. The molecule has 5 rings (SSSR count). The Balaban J connectivity index is 1.44. The second kappa shape index (κ2) is 9.65. The van der Waals surface area contributed by atoms with Crippen LogP contribution in [0.4, 0.5) is 0 Å². The average molecular weight is 504 g/mol. The molecule has 1 N–H and O–H groups in total. The topological polar surface area (TPSA) is 95.6 Å². The fraction of sp³-hybridized carbons (Fsp3) is 0.517. The molecule has 8 nitrogen and oxygen atoms in total. The summed E-state index contributed by atoms with van der Waals surface area (Å²) in [6, 6.07) is 10.2. The second-order valence-corrected chi connectivity index (χ2v) is 11.5. The van der Waals surface area contributed by atoms with Gasteiger partial charge in [-0.2, -0.15) is 4.98 Å². The van der Waals surface area contributed by atoms with Gasteiger partial charge in [0.2, 0.25) is 17.6 Å². The van der Waals surface area contributed by atoms with Crippen LogP contribution in [0.1, 0.15) is 62.6 Å². The van der Waals surface area contributed by atoms with Crippen molar-refractivity contribution < 1.29 is 14.4 Å². The normalized spacial score (nSPS) is 21.2. The van der Waals surface area contributed by atoms with Gasteiger partial charge in [-0.25, -0.2) is 0 Å². The summed E-state index contributed by atoms with van der Waals surface area (Å²) < 4.78 is 5.57. The Morgan fingerprint density at radius 1 is 1.22 bits per heavy atom. The molecular formula is C29H37N5O3. The van der Waals surface area contributed by atoms with Crippen molar-refractivity contribution >= 4 is 5.91 Å². The minimum absolute atomic E-state index is 0.106. The van der Waals surface area contributed by atoms with Gasteiger partial charge in [-0.1, -0.05) is 50.2 Å². The lowest BCUT2D eigenvalue weighted by atomic mass is 9.62. The minimum atomic E-state index is -1.23. The summed E-state index contributed by atoms with van der Waals surface area (Å²) in [5.41, 5.74) is 1.91. The van der Waals surface area contributed by atoms with Crippen molar-refractivity contribution in [2.45, 2.75) is 52.1 Å². The molecule has 0 bridgehead atoms. The lowest BCUT2D eigenvalue weighted by Crippen LogP contribution is -2.63. The minimum Gasteiger partial charge on any atom is -0.380 e. The van der Waals surface area contributed by atoms with E-state index >= 15 is 0 Å². The van der Waals surface area contributed by atoms with E-state index in [9.17, 15) is 9.90 Å². The number of carbonyl (C=O) groups excluding carboxylic acids is 1. The SMILES string of the molecule is CC(=O)N1CC[C@@H](Cc2nc(-c3cncc(C(O)(c4ccc(C(C)C)cc4)C4(C)CN(C)C4)c3)no2)C1. The molecule has 3 aromatic rings. The second-order valence-electron chi connectivity index (χ2n) is 11.5. The molecule has 0 spiro atoms. The maximum absolute atomic E-state index is 12.5. The van der Waals surface area contributed by atoms with Gasteiger partial charge < -0.3 is 19.4 Å². The van der Waals surface area contributed by atoms with Gasteiger partial charge in [0.15, 0.2) is 0 Å². The smallest absolute Gasteiger partial charge is 0.227 e. The Kier molecular flexibility index (Phi) is 6.66. The number of benzene rings is 1. The lowest BCUT2D eigenvalue weighted by molar-refractivity contribution is -0.127. The van der Waals surface area contributed by atoms with Crippen molar-refractivity contribution in [1.29, 1.82) is 0 Å². The molecule has 1 aromatic carbocycles. The zero-order valence-corrected chi connectivity index (χ0v) is 22.4. The number of hydrogen-bond donors (Lipinski definition) is 1. The molecule has 2 saturated heterocycles. The van der Waals surface area contributed by atoms with E-state index in [1.165, 1.54) is 5.56 Å². The molecule has 4 heterocycles. The van der Waals surface area contributed by atoms with E-state index < -0.39 is 5.60 Å². The molecule has 2 aliphatic rings. The third-order valence-electron chi connectivity index (χ3n) is 8.18. The van der Waals surface area contributed by atoms with E-state index in [0.717, 1.165) is 43.7 Å². The molecule has 2 fully saturated rings. The number of rotatable bonds is 7. The van der Waals surface area contributed by atoms with Gasteiger partial charge in [0.1, 0.15) is 5.60 Å². The van der Waals surface area contributed by atoms with Gasteiger partial charge in [0.05, 0.1) is 0 Å². The van der Waals surface area contributed by atoms with Gasteiger partial charge in [-0.05, 0) is 42.5 Å². The Labute approximate surface area is 218 Å². The van der Waals surface area contributed by atoms with E-state index in [1.54, 1.807) is 19.3 Å². The van der Waals surface area contributed by atoms with Crippen LogP contribution in [0.25, 0.3) is 11.4 Å². The summed E-state index contributed by atoms with van der Waals surface area (Å²) >= 11 is 0. The molecular weight excluding hydrogens is 466 g/mol. The first-order valence-corrected chi connectivity index (χ1v) is 13.1. The first kappa shape index (κ1) is 25.5. The predicted octanol–water partition coefficient (Wildman–Crippen LogP) is 3.85. The van der Waals surface area contributed by atoms with Crippen molar-refractivity contribution in [3.05, 3.63) is 65.3 Å². The van der Waals surface area contributed by atoms with Crippen molar-refractivity contribution in [2.24, 2.45) is 11.3 Å². The maximum Gasteiger partial charge on any atom is 0.227 e. The molecule has 0 radical (unpaired) electrons. The van der Waals surface area contributed by atoms with Crippen LogP contribution < -0.4 is 0 Å². The lowest BCUT2D eigenvalue weighted by Gasteiger charge is -2.55. The van der Waals surface area contributed by atoms with Gasteiger partial charge >= 0.3 is 0 Å². The fourth-order valence-electron chi connectivity index (χ4n) is 6.09. The van der Waals surface area contributed by atoms with Crippen LogP contribution in [0, 0.1) is 11.3 Å². The van der Waals surface area contributed by atoms with E-state index in [-0.39, 0.29) is 11.3 Å². The maximum atomic E-state index is 12.5. The summed E-state index contributed by atoms with van der Waals surface area (Å²) in [6.45, 7) is 11.1. The van der Waals surface area contributed by atoms with Crippen LogP contribution in [0.5, 0.6) is 0 Å². The summed E-state index contributed by atoms with van der Waals surface area (Å²) in [4.78, 5) is 24.9. The van der Waals surface area contributed by atoms with Crippen molar-refractivity contribution in [1.82, 2.24) is 24.9 Å². The van der Waals surface area contributed by atoms with Gasteiger partial charge in [0.25, 0.3) is 0 Å². The number of pyridine rings is 1. The Hall–Kier alpha value is -3.10. The fourth-order valence-corrected chi connectivity index (χ4v) is 6.09. The van der Waals surface area contributed by atoms with E-state index in [1.807, 2.05) is 23.1 Å². The number of carbonyl (C=O) groups is 1. The van der Waals surface area contributed by atoms with Crippen LogP contribution in [0.3, 0.4) is 0 Å². The highest BCUT2D eigenvalue weighted by Crippen LogP contribution is 2.50. The Morgan fingerprint density at radius 3 is 2.57 bits per heavy atom. The molecule has 0 saturated carbocycles. The van der Waals surface area contributed by atoms with Crippen LogP contribution in [-0.2, 0) is 16.8 Å². The van der Waals surface area contributed by atoms with Crippen molar-refractivity contribution in [3.8, 4) is 11.4 Å². The summed E-state index contributed by atoms with van der Waals surface area (Å²) in [6.07, 6.45) is 5.03. The highest BCUT2D eigenvalue weighted by atomic mass is 16.5. The number of hydrogen-bond acceptors (Lipinski definition) is 7. The number of aromatic nitrogens is 3. The number of amides is 1. The molecule has 37 heavy (non-hydrogen) atoms. The van der Waals surface area contributed by atoms with Crippen LogP contribution in [0.15, 0.2) is 47.2 Å². The van der Waals surface area contributed by atoms with Crippen molar-refractivity contribution in [3.63, 3.8) is 0 Å². The zero-order valence-electron chi connectivity index (χ0n) is 22.4. The van der Waals surface area contributed by atoms with Gasteiger partial charge in [-0.15, -0.1) is 0 Å². The van der Waals surface area contributed by atoms with Crippen molar-refractivity contribution in [2.75, 3.05) is 33.2 Å². The highest BCUT2D eigenvalue weighted by molar-refractivity contribution is 5.73. The van der Waals surface area contributed by atoms with E-state index in [4.69, 9.17) is 4.52 Å². The molecule has 2 atom stereocenters. The molecule has 196 valence electrons. The first-order chi connectivity index (χ1) is 17.6. The molecule has 2 aromatic heterocycles. The van der Waals surface area contributed by atoms with Gasteiger partial charge in [0, 0.05) is 68.5 Å². The molecule has 2 aliphatic heterocycles. The Morgan fingerprint density at radius 2 is 1.95 bits per heavy atom. The van der Waals surface area contributed by atoms with Crippen LogP contribution >= 0.6 is 0 Å². The zero-order chi connectivity index (χ0) is 26.4. The number of nitrogens with zero attached hydrogens (tertiary/aromatic N) is 5. The predicted molar refractivity (Wildman–Crippen MR) is 141 cm³/mol. The van der Waals surface area contributed by atoms with Gasteiger partial charge in [-0.3, -0.25) is 9.78 Å². The van der Waals surface area contributed by atoms with Crippen LogP contribution in [0.2, 0.25) is 0 Å². The average Bonchev–Trinajstić information content (AvgIpc) is 3.53. The summed E-state index contributed by atoms with van der Waals surface area (Å²) in [7, 11) is 2.07. The third-order valence-corrected chi connectivity index (χ3v) is 8.18. The van der Waals surface area contributed by atoms with Crippen LogP contribution in [-0.4, -0.2) is 69.2 Å². The Bertz CT molecular complexity index is 1260. The largest absolute Gasteiger partial charge is 0.380 e.